The summed E-state index contributed by atoms with van der Waals surface area (Å²) in [6.07, 6.45) is 5.31. The molecule has 0 aromatic heterocycles. The van der Waals surface area contributed by atoms with Crippen molar-refractivity contribution in [2.75, 3.05) is 13.6 Å². The molecule has 0 spiro atoms. The van der Waals surface area contributed by atoms with E-state index in [4.69, 9.17) is 0 Å². The van der Waals surface area contributed by atoms with Crippen molar-refractivity contribution in [2.24, 2.45) is 0 Å². The first-order valence-corrected chi connectivity index (χ1v) is 4.77. The second-order valence-electron chi connectivity index (χ2n) is 3.87. The van der Waals surface area contributed by atoms with Crippen LogP contribution in [0.25, 0.3) is 0 Å². The smallest absolute Gasteiger partial charge is 0.0352 e. The minimum absolute atomic E-state index is 0.346. The van der Waals surface area contributed by atoms with Gasteiger partial charge in [-0.3, -0.25) is 0 Å². The molecule has 0 atom stereocenters. The Morgan fingerprint density at radius 3 is 2.42 bits per heavy atom. The zero-order valence-corrected chi connectivity index (χ0v) is 8.24. The van der Waals surface area contributed by atoms with Crippen LogP contribution in [0.3, 0.4) is 0 Å². The molecule has 0 saturated heterocycles. The van der Waals surface area contributed by atoms with Crippen LogP contribution < -0.4 is 10.6 Å². The molecule has 0 amide bonds. The third kappa shape index (κ3) is 2.24. The van der Waals surface area contributed by atoms with Gasteiger partial charge < -0.3 is 10.6 Å². The van der Waals surface area contributed by atoms with Crippen LogP contribution in [0.1, 0.15) is 32.6 Å². The summed E-state index contributed by atoms with van der Waals surface area (Å²) in [7, 11) is 2.06. The van der Waals surface area contributed by atoms with Crippen LogP contribution in [0.5, 0.6) is 0 Å². The summed E-state index contributed by atoms with van der Waals surface area (Å²) in [6.45, 7) is 6.88. The molecule has 0 unspecified atom stereocenters. The SMILES string of the molecule is C=C(C)NCC1(NC)CCCC1. The van der Waals surface area contributed by atoms with E-state index in [-0.39, 0.29) is 0 Å². The quantitative estimate of drug-likeness (QED) is 0.667. The van der Waals surface area contributed by atoms with E-state index in [0.717, 1.165) is 12.2 Å². The third-order valence-corrected chi connectivity index (χ3v) is 2.82. The average Bonchev–Trinajstić information content (AvgIpc) is 2.50. The molecule has 2 heteroatoms. The first-order valence-electron chi connectivity index (χ1n) is 4.77. The minimum Gasteiger partial charge on any atom is -0.387 e. The second kappa shape index (κ2) is 3.94. The van der Waals surface area contributed by atoms with Crippen molar-refractivity contribution in [1.29, 1.82) is 0 Å². The van der Waals surface area contributed by atoms with Gasteiger partial charge >= 0.3 is 0 Å². The van der Waals surface area contributed by atoms with Crippen molar-refractivity contribution < 1.29 is 0 Å². The standard InChI is InChI=1S/C10H20N2/c1-9(2)12-8-10(11-3)6-4-5-7-10/h11-12H,1,4-8H2,2-3H3. The predicted octanol–water partition coefficient (Wildman–Crippen LogP) is 1.64. The molecule has 2 N–H and O–H groups in total. The molecule has 0 bridgehead atoms. The van der Waals surface area contributed by atoms with Crippen LogP contribution in [0.4, 0.5) is 0 Å². The van der Waals surface area contributed by atoms with Crippen molar-refractivity contribution in [2.45, 2.75) is 38.1 Å². The van der Waals surface area contributed by atoms with E-state index in [1.54, 1.807) is 0 Å². The van der Waals surface area contributed by atoms with Crippen LogP contribution in [0, 0.1) is 0 Å². The fourth-order valence-corrected chi connectivity index (χ4v) is 1.89. The van der Waals surface area contributed by atoms with Gasteiger partial charge in [0.25, 0.3) is 0 Å². The van der Waals surface area contributed by atoms with E-state index < -0.39 is 0 Å². The average molecular weight is 168 g/mol. The molecule has 70 valence electrons. The molecule has 0 aromatic rings. The van der Waals surface area contributed by atoms with Gasteiger partial charge in [-0.25, -0.2) is 0 Å². The van der Waals surface area contributed by atoms with E-state index in [2.05, 4.69) is 24.3 Å². The van der Waals surface area contributed by atoms with Gasteiger partial charge in [0, 0.05) is 17.8 Å². The Kier molecular flexibility index (Phi) is 3.15. The van der Waals surface area contributed by atoms with Crippen LogP contribution in [-0.4, -0.2) is 19.1 Å². The molecule has 1 fully saturated rings. The summed E-state index contributed by atoms with van der Waals surface area (Å²) in [5, 5.41) is 6.75. The Morgan fingerprint density at radius 2 is 2.00 bits per heavy atom. The summed E-state index contributed by atoms with van der Waals surface area (Å²) in [5.74, 6) is 0. The lowest BCUT2D eigenvalue weighted by atomic mass is 9.98. The van der Waals surface area contributed by atoms with Crippen molar-refractivity contribution in [3.05, 3.63) is 12.3 Å². The van der Waals surface area contributed by atoms with Gasteiger partial charge in [0.1, 0.15) is 0 Å². The lowest BCUT2D eigenvalue weighted by molar-refractivity contribution is 0.349. The number of hydrogen-bond donors (Lipinski definition) is 2. The predicted molar refractivity (Wildman–Crippen MR) is 53.1 cm³/mol. The number of likely N-dealkylation sites (N-methyl/N-ethyl adjacent to an activating group) is 1. The second-order valence-corrected chi connectivity index (χ2v) is 3.87. The molecule has 1 saturated carbocycles. The zero-order chi connectivity index (χ0) is 9.03. The largest absolute Gasteiger partial charge is 0.387 e. The fraction of sp³-hybridized carbons (Fsp3) is 0.800. The van der Waals surface area contributed by atoms with Crippen LogP contribution >= 0.6 is 0 Å². The van der Waals surface area contributed by atoms with Crippen LogP contribution in [0.15, 0.2) is 12.3 Å². The molecular weight excluding hydrogens is 148 g/mol. The highest BCUT2D eigenvalue weighted by molar-refractivity contribution is 4.97. The first kappa shape index (κ1) is 9.59. The van der Waals surface area contributed by atoms with Crippen molar-refractivity contribution in [3.8, 4) is 0 Å². The maximum Gasteiger partial charge on any atom is 0.0352 e. The van der Waals surface area contributed by atoms with Crippen LogP contribution in [-0.2, 0) is 0 Å². The van der Waals surface area contributed by atoms with E-state index in [9.17, 15) is 0 Å². The van der Waals surface area contributed by atoms with E-state index >= 15 is 0 Å². The van der Waals surface area contributed by atoms with Gasteiger partial charge in [-0.15, -0.1) is 0 Å². The lowest BCUT2D eigenvalue weighted by Crippen LogP contribution is -2.48. The van der Waals surface area contributed by atoms with E-state index in [0.29, 0.717) is 5.54 Å². The summed E-state index contributed by atoms with van der Waals surface area (Å²) in [4.78, 5) is 0. The van der Waals surface area contributed by atoms with E-state index in [1.165, 1.54) is 25.7 Å². The molecule has 0 aliphatic heterocycles. The number of hydrogen-bond acceptors (Lipinski definition) is 2. The van der Waals surface area contributed by atoms with Crippen molar-refractivity contribution in [1.82, 2.24) is 10.6 Å². The van der Waals surface area contributed by atoms with Gasteiger partial charge in [-0.1, -0.05) is 19.4 Å². The molecule has 12 heavy (non-hydrogen) atoms. The molecule has 0 radical (unpaired) electrons. The lowest BCUT2D eigenvalue weighted by Gasteiger charge is -2.29. The molecule has 1 aliphatic carbocycles. The Bertz CT molecular complexity index is 157. The first-order chi connectivity index (χ1) is 5.68. The summed E-state index contributed by atoms with van der Waals surface area (Å²) in [6, 6.07) is 0. The van der Waals surface area contributed by atoms with Gasteiger partial charge in [-0.2, -0.15) is 0 Å². The molecule has 1 aliphatic rings. The number of allylic oxidation sites excluding steroid dienone is 1. The number of nitrogens with one attached hydrogen (secondary N) is 2. The molecule has 0 aromatic carbocycles. The Labute approximate surface area is 75.4 Å². The highest BCUT2D eigenvalue weighted by Crippen LogP contribution is 2.28. The van der Waals surface area contributed by atoms with E-state index in [1.807, 2.05) is 6.92 Å². The van der Waals surface area contributed by atoms with Gasteiger partial charge in [-0.05, 0) is 26.8 Å². The molecule has 0 heterocycles. The normalized spacial score (nSPS) is 20.8. The highest BCUT2D eigenvalue weighted by atomic mass is 15.0. The van der Waals surface area contributed by atoms with Gasteiger partial charge in [0.2, 0.25) is 0 Å². The Hall–Kier alpha value is -0.500. The monoisotopic (exact) mass is 168 g/mol. The molecule has 2 nitrogen and oxygen atoms in total. The topological polar surface area (TPSA) is 24.1 Å². The van der Waals surface area contributed by atoms with Crippen molar-refractivity contribution >= 4 is 0 Å². The van der Waals surface area contributed by atoms with Gasteiger partial charge in [0.05, 0.1) is 0 Å². The Morgan fingerprint density at radius 1 is 1.42 bits per heavy atom. The van der Waals surface area contributed by atoms with Crippen molar-refractivity contribution in [3.63, 3.8) is 0 Å². The summed E-state index contributed by atoms with van der Waals surface area (Å²) < 4.78 is 0. The number of rotatable bonds is 4. The molecule has 1 rings (SSSR count). The summed E-state index contributed by atoms with van der Waals surface area (Å²) >= 11 is 0. The molecular formula is C10H20N2. The highest BCUT2D eigenvalue weighted by Gasteiger charge is 2.31. The minimum atomic E-state index is 0.346. The third-order valence-electron chi connectivity index (χ3n) is 2.82. The van der Waals surface area contributed by atoms with Gasteiger partial charge in [0.15, 0.2) is 0 Å². The Balaban J connectivity index is 2.39. The maximum atomic E-state index is 3.84. The zero-order valence-electron chi connectivity index (χ0n) is 8.24. The maximum absolute atomic E-state index is 3.84. The fourth-order valence-electron chi connectivity index (χ4n) is 1.89. The van der Waals surface area contributed by atoms with Crippen LogP contribution in [0.2, 0.25) is 0 Å². The summed E-state index contributed by atoms with van der Waals surface area (Å²) in [5.41, 5.74) is 1.41.